The molecule has 6 nitrogen and oxygen atoms in total. The molecule has 0 aromatic rings. The highest BCUT2D eigenvalue weighted by molar-refractivity contribution is 5.71. The molecule has 0 aromatic heterocycles. The van der Waals surface area contributed by atoms with Crippen LogP contribution >= 0.6 is 0 Å². The van der Waals surface area contributed by atoms with Gasteiger partial charge in [0.2, 0.25) is 0 Å². The number of hydrogen-bond donors (Lipinski definition) is 0. The molecule has 69 heavy (non-hydrogen) atoms. The molecule has 392 valence electrons. The molecule has 0 saturated heterocycles. The molecule has 0 rings (SSSR count). The van der Waals surface area contributed by atoms with E-state index >= 15 is 0 Å². The van der Waals surface area contributed by atoms with E-state index in [1.807, 2.05) is 60.8 Å². The van der Waals surface area contributed by atoms with Crippen molar-refractivity contribution in [1.29, 1.82) is 0 Å². The van der Waals surface area contributed by atoms with Crippen molar-refractivity contribution in [2.45, 2.75) is 258 Å². The predicted molar refractivity (Wildman–Crippen MR) is 297 cm³/mol. The van der Waals surface area contributed by atoms with E-state index in [0.29, 0.717) is 19.3 Å². The minimum Gasteiger partial charge on any atom is -0.462 e. The van der Waals surface area contributed by atoms with Gasteiger partial charge in [0.05, 0.1) is 0 Å². The molecule has 6 heteroatoms. The Bertz CT molecular complexity index is 1420. The van der Waals surface area contributed by atoms with Crippen molar-refractivity contribution in [1.82, 2.24) is 0 Å². The van der Waals surface area contributed by atoms with Gasteiger partial charge in [-0.15, -0.1) is 0 Å². The fraction of sp³-hybridized carbons (Fsp3) is 0.667. The smallest absolute Gasteiger partial charge is 0.306 e. The van der Waals surface area contributed by atoms with Crippen molar-refractivity contribution >= 4 is 17.9 Å². The third-order valence-corrected chi connectivity index (χ3v) is 12.0. The first-order valence-electron chi connectivity index (χ1n) is 28.5. The Morgan fingerprint density at radius 2 is 0.565 bits per heavy atom. The molecular formula is C63H104O6. The van der Waals surface area contributed by atoms with Crippen LogP contribution in [0.5, 0.6) is 0 Å². The summed E-state index contributed by atoms with van der Waals surface area (Å²) in [6, 6.07) is 0. The van der Waals surface area contributed by atoms with Gasteiger partial charge < -0.3 is 14.2 Å². The summed E-state index contributed by atoms with van der Waals surface area (Å²) in [5.74, 6) is -0.954. The van der Waals surface area contributed by atoms with Gasteiger partial charge in [0, 0.05) is 19.3 Å². The van der Waals surface area contributed by atoms with Crippen molar-refractivity contribution in [2.75, 3.05) is 13.2 Å². The maximum atomic E-state index is 12.8. The van der Waals surface area contributed by atoms with Crippen molar-refractivity contribution in [3.05, 3.63) is 109 Å². The molecule has 0 saturated carbocycles. The Hall–Kier alpha value is -3.93. The highest BCUT2D eigenvalue weighted by Crippen LogP contribution is 2.16. The monoisotopic (exact) mass is 957 g/mol. The van der Waals surface area contributed by atoms with Crippen LogP contribution in [0.2, 0.25) is 0 Å². The summed E-state index contributed by atoms with van der Waals surface area (Å²) in [6.45, 7) is 6.33. The van der Waals surface area contributed by atoms with Crippen molar-refractivity contribution in [2.24, 2.45) is 0 Å². The molecule has 1 unspecified atom stereocenters. The lowest BCUT2D eigenvalue weighted by Crippen LogP contribution is -2.30. The van der Waals surface area contributed by atoms with Gasteiger partial charge in [-0.1, -0.05) is 284 Å². The summed E-state index contributed by atoms with van der Waals surface area (Å²) in [5.41, 5.74) is 0. The maximum Gasteiger partial charge on any atom is 0.306 e. The summed E-state index contributed by atoms with van der Waals surface area (Å²) < 4.78 is 16.8. The third kappa shape index (κ3) is 54.9. The van der Waals surface area contributed by atoms with E-state index in [0.717, 1.165) is 77.0 Å². The van der Waals surface area contributed by atoms with Crippen LogP contribution in [0.3, 0.4) is 0 Å². The Labute approximate surface area is 425 Å². The van der Waals surface area contributed by atoms with Crippen molar-refractivity contribution < 1.29 is 28.6 Å². The SMILES string of the molecule is CC\C=C/C=C\C=C/C=C\C=C\C=C/CCCCCC(=O)OC(COC(=O)CCCCCCCCC\C=C/C=C\C=C/CC)COC(=O)CCCCCCCCCCCCCCCCCCCCC. The minimum atomic E-state index is -0.807. The van der Waals surface area contributed by atoms with Crippen molar-refractivity contribution in [3.63, 3.8) is 0 Å². The summed E-state index contributed by atoms with van der Waals surface area (Å²) in [7, 11) is 0. The molecule has 0 amide bonds. The second kappa shape index (κ2) is 56.7. The number of ether oxygens (including phenoxy) is 3. The fourth-order valence-electron chi connectivity index (χ4n) is 7.77. The second-order valence-corrected chi connectivity index (χ2v) is 18.7. The molecule has 0 radical (unpaired) electrons. The van der Waals surface area contributed by atoms with Gasteiger partial charge in [-0.05, 0) is 57.8 Å². The number of esters is 3. The number of unbranched alkanes of at least 4 members (excludes halogenated alkanes) is 28. The van der Waals surface area contributed by atoms with Crippen LogP contribution in [0.1, 0.15) is 252 Å². The number of allylic oxidation sites excluding steroid dienone is 18. The molecular weight excluding hydrogens is 853 g/mol. The zero-order chi connectivity index (χ0) is 50.0. The van der Waals surface area contributed by atoms with Gasteiger partial charge >= 0.3 is 17.9 Å². The van der Waals surface area contributed by atoms with E-state index in [1.165, 1.54) is 128 Å². The Balaban J connectivity index is 4.46. The lowest BCUT2D eigenvalue weighted by Gasteiger charge is -2.18. The zero-order valence-corrected chi connectivity index (χ0v) is 44.8. The highest BCUT2D eigenvalue weighted by Gasteiger charge is 2.19. The van der Waals surface area contributed by atoms with Gasteiger partial charge in [-0.3, -0.25) is 14.4 Å². The van der Waals surface area contributed by atoms with Gasteiger partial charge in [-0.2, -0.15) is 0 Å². The number of hydrogen-bond acceptors (Lipinski definition) is 6. The van der Waals surface area contributed by atoms with Gasteiger partial charge in [0.1, 0.15) is 13.2 Å². The first kappa shape index (κ1) is 65.1. The standard InChI is InChI=1S/C63H104O6/c1-4-7-10-13-16-19-22-25-28-30-31-33-35-38-41-44-47-50-53-56-62(65)68-59-60(58-67-61(64)55-52-49-46-43-40-37-34-27-24-21-18-15-12-9-6-3)69-63(66)57-54-51-48-45-42-39-36-32-29-26-23-20-17-14-11-8-5-2/h8-9,11-12,14-15,17-18,20-21,23-24,26,29,32,36,39,42,60H,4-7,10,13,16,19,22,25,27-28,30-31,33-35,37-38,40-41,43-59H2,1-3H3/b11-8-,12-9-,17-14-,18-15-,23-20-,24-21-,29-26-,36-32+,42-39-. The molecule has 0 N–H and O–H groups in total. The Morgan fingerprint density at radius 1 is 0.304 bits per heavy atom. The first-order valence-corrected chi connectivity index (χ1v) is 28.5. The van der Waals surface area contributed by atoms with Crippen LogP contribution in [0.4, 0.5) is 0 Å². The number of rotatable bonds is 50. The van der Waals surface area contributed by atoms with E-state index in [9.17, 15) is 14.4 Å². The van der Waals surface area contributed by atoms with E-state index in [4.69, 9.17) is 14.2 Å². The third-order valence-electron chi connectivity index (χ3n) is 12.0. The largest absolute Gasteiger partial charge is 0.462 e. The normalized spacial score (nSPS) is 12.9. The lowest BCUT2D eigenvalue weighted by molar-refractivity contribution is -0.167. The maximum absolute atomic E-state index is 12.8. The Morgan fingerprint density at radius 3 is 0.899 bits per heavy atom. The topological polar surface area (TPSA) is 78.9 Å². The summed E-state index contributed by atoms with van der Waals surface area (Å²) in [5, 5.41) is 0. The second-order valence-electron chi connectivity index (χ2n) is 18.7. The highest BCUT2D eigenvalue weighted by atomic mass is 16.6. The average Bonchev–Trinajstić information content (AvgIpc) is 3.35. The van der Waals surface area contributed by atoms with Crippen LogP contribution in [0, 0.1) is 0 Å². The summed E-state index contributed by atoms with van der Waals surface area (Å²) in [6.07, 6.45) is 76.5. The van der Waals surface area contributed by atoms with Crippen LogP contribution in [0.15, 0.2) is 109 Å². The average molecular weight is 958 g/mol. The summed E-state index contributed by atoms with van der Waals surface area (Å²) in [4.78, 5) is 38.2. The summed E-state index contributed by atoms with van der Waals surface area (Å²) >= 11 is 0. The fourth-order valence-corrected chi connectivity index (χ4v) is 7.77. The number of carbonyl (C=O) groups excluding carboxylic acids is 3. The predicted octanol–water partition coefficient (Wildman–Crippen LogP) is 19.1. The quantitative estimate of drug-likeness (QED) is 0.0262. The number of carbonyl (C=O) groups is 3. The van der Waals surface area contributed by atoms with Gasteiger partial charge in [0.25, 0.3) is 0 Å². The van der Waals surface area contributed by atoms with Crippen LogP contribution in [0.25, 0.3) is 0 Å². The molecule has 0 aliphatic rings. The molecule has 0 aliphatic carbocycles. The van der Waals surface area contributed by atoms with Gasteiger partial charge in [0.15, 0.2) is 6.10 Å². The van der Waals surface area contributed by atoms with E-state index in [2.05, 4.69) is 69.4 Å². The first-order chi connectivity index (χ1) is 34.0. The Kier molecular flexibility index (Phi) is 53.4. The van der Waals surface area contributed by atoms with Crippen LogP contribution in [-0.4, -0.2) is 37.2 Å². The zero-order valence-electron chi connectivity index (χ0n) is 44.8. The molecule has 0 fully saturated rings. The van der Waals surface area contributed by atoms with E-state index < -0.39 is 6.10 Å². The molecule has 0 heterocycles. The molecule has 0 aliphatic heterocycles. The molecule has 0 aromatic carbocycles. The molecule has 0 bridgehead atoms. The minimum absolute atomic E-state index is 0.0999. The van der Waals surface area contributed by atoms with Crippen molar-refractivity contribution in [3.8, 4) is 0 Å². The molecule has 1 atom stereocenters. The van der Waals surface area contributed by atoms with E-state index in [1.54, 1.807) is 0 Å². The van der Waals surface area contributed by atoms with Gasteiger partial charge in [-0.25, -0.2) is 0 Å². The van der Waals surface area contributed by atoms with E-state index in [-0.39, 0.29) is 37.5 Å². The lowest BCUT2D eigenvalue weighted by atomic mass is 10.0. The van der Waals surface area contributed by atoms with Crippen LogP contribution in [-0.2, 0) is 28.6 Å². The molecule has 0 spiro atoms. The van der Waals surface area contributed by atoms with Crippen LogP contribution < -0.4 is 0 Å².